The maximum absolute atomic E-state index is 11.2. The molecule has 0 saturated carbocycles. The van der Waals surface area contributed by atoms with Gasteiger partial charge >= 0.3 is 0 Å². The summed E-state index contributed by atoms with van der Waals surface area (Å²) in [7, 11) is -3.77. The fraction of sp³-hybridized carbons (Fsp3) is 0.125. The predicted molar refractivity (Wildman–Crippen MR) is 58.0 cm³/mol. The molecular weight excluding hydrogens is 284 g/mol. The molecule has 0 aliphatic rings. The lowest BCUT2D eigenvalue weighted by molar-refractivity contribution is 0.548. The summed E-state index contributed by atoms with van der Waals surface area (Å²) in [6.45, 7) is 0. The van der Waals surface area contributed by atoms with Gasteiger partial charge in [0, 0.05) is 0 Å². The molecular formula is C8H7BrN2O3S. The highest BCUT2D eigenvalue weighted by molar-refractivity contribution is 9.08. The van der Waals surface area contributed by atoms with E-state index in [0.717, 1.165) is 0 Å². The summed E-state index contributed by atoms with van der Waals surface area (Å²) in [6.07, 6.45) is 0. The molecule has 15 heavy (non-hydrogen) atoms. The van der Waals surface area contributed by atoms with E-state index in [4.69, 9.17) is 9.56 Å². The zero-order valence-corrected chi connectivity index (χ0v) is 9.88. The maximum Gasteiger partial charge on any atom is 0.241 e. The topological polar surface area (TPSA) is 86.2 Å². The summed E-state index contributed by atoms with van der Waals surface area (Å²) in [5, 5.41) is 5.47. The van der Waals surface area contributed by atoms with Crippen LogP contribution in [0.15, 0.2) is 27.5 Å². The zero-order valence-electron chi connectivity index (χ0n) is 7.47. The highest BCUT2D eigenvalue weighted by Gasteiger charge is 2.16. The minimum Gasteiger partial charge on any atom is -0.438 e. The van der Waals surface area contributed by atoms with E-state index in [1.807, 2.05) is 0 Å². The molecule has 0 unspecified atom stereocenters. The lowest BCUT2D eigenvalue weighted by Crippen LogP contribution is -2.12. The van der Waals surface area contributed by atoms with Crippen LogP contribution < -0.4 is 5.14 Å². The molecule has 0 spiro atoms. The Morgan fingerprint density at radius 3 is 2.80 bits per heavy atom. The quantitative estimate of drug-likeness (QED) is 0.847. The molecule has 1 aromatic carbocycles. The van der Waals surface area contributed by atoms with Crippen LogP contribution in [0.3, 0.4) is 0 Å². The number of hydrogen-bond acceptors (Lipinski definition) is 4. The molecule has 0 bridgehead atoms. The van der Waals surface area contributed by atoms with Crippen molar-refractivity contribution in [1.82, 2.24) is 4.98 Å². The Kier molecular flexibility index (Phi) is 2.53. The van der Waals surface area contributed by atoms with Crippen molar-refractivity contribution in [3.63, 3.8) is 0 Å². The van der Waals surface area contributed by atoms with Gasteiger partial charge in [-0.3, -0.25) is 0 Å². The Balaban J connectivity index is 2.81. The van der Waals surface area contributed by atoms with Gasteiger partial charge in [0.05, 0.1) is 5.33 Å². The molecule has 0 fully saturated rings. The van der Waals surface area contributed by atoms with E-state index >= 15 is 0 Å². The predicted octanol–water partition coefficient (Wildman–Crippen LogP) is 1.37. The normalized spacial score (nSPS) is 12.1. The van der Waals surface area contributed by atoms with E-state index in [1.54, 1.807) is 12.1 Å². The van der Waals surface area contributed by atoms with E-state index in [1.165, 1.54) is 6.07 Å². The van der Waals surface area contributed by atoms with E-state index < -0.39 is 10.0 Å². The van der Waals surface area contributed by atoms with Crippen molar-refractivity contribution >= 4 is 37.1 Å². The molecule has 80 valence electrons. The summed E-state index contributed by atoms with van der Waals surface area (Å²) in [4.78, 5) is 4.03. The van der Waals surface area contributed by atoms with Crippen molar-refractivity contribution in [1.29, 1.82) is 0 Å². The summed E-state index contributed by atoms with van der Waals surface area (Å²) < 4.78 is 27.7. The number of fused-ring (bicyclic) bond motifs is 1. The van der Waals surface area contributed by atoms with Gasteiger partial charge in [-0.05, 0) is 12.1 Å². The SMILES string of the molecule is NS(=O)(=O)c1cccc2nc(CBr)oc12. The van der Waals surface area contributed by atoms with Crippen molar-refractivity contribution in [3.8, 4) is 0 Å². The minimum atomic E-state index is -3.77. The Bertz CT molecular complexity index is 605. The monoisotopic (exact) mass is 290 g/mol. The number of halogens is 1. The number of sulfonamides is 1. The zero-order chi connectivity index (χ0) is 11.1. The van der Waals surface area contributed by atoms with Crippen LogP contribution in [-0.4, -0.2) is 13.4 Å². The third-order valence-electron chi connectivity index (χ3n) is 1.84. The van der Waals surface area contributed by atoms with E-state index in [-0.39, 0.29) is 10.5 Å². The standard InChI is InChI=1S/C8H7BrN2O3S/c9-4-7-11-5-2-1-3-6(8(5)14-7)15(10,12)13/h1-3H,4H2,(H2,10,12,13). The highest BCUT2D eigenvalue weighted by atomic mass is 79.9. The average molecular weight is 291 g/mol. The number of oxazole rings is 1. The van der Waals surface area contributed by atoms with Crippen LogP contribution in [0.4, 0.5) is 0 Å². The van der Waals surface area contributed by atoms with Gasteiger partial charge in [-0.25, -0.2) is 18.5 Å². The number of primary sulfonamides is 1. The van der Waals surface area contributed by atoms with Gasteiger partial charge in [0.1, 0.15) is 10.4 Å². The van der Waals surface area contributed by atoms with Crippen LogP contribution in [0, 0.1) is 0 Å². The largest absolute Gasteiger partial charge is 0.438 e. The maximum atomic E-state index is 11.2. The van der Waals surface area contributed by atoms with Gasteiger partial charge in [0.25, 0.3) is 0 Å². The number of benzene rings is 1. The molecule has 1 aromatic heterocycles. The van der Waals surface area contributed by atoms with Gasteiger partial charge in [0.2, 0.25) is 15.9 Å². The first-order chi connectivity index (χ1) is 7.02. The first-order valence-corrected chi connectivity index (χ1v) is 6.66. The first-order valence-electron chi connectivity index (χ1n) is 3.99. The van der Waals surface area contributed by atoms with Crippen LogP contribution in [0.1, 0.15) is 5.89 Å². The molecule has 0 saturated heterocycles. The van der Waals surface area contributed by atoms with E-state index in [0.29, 0.717) is 16.7 Å². The molecule has 0 radical (unpaired) electrons. The number of alkyl halides is 1. The molecule has 5 nitrogen and oxygen atoms in total. The van der Waals surface area contributed by atoms with Crippen LogP contribution in [0.2, 0.25) is 0 Å². The first kappa shape index (κ1) is 10.6. The Morgan fingerprint density at radius 2 is 2.20 bits per heavy atom. The second-order valence-electron chi connectivity index (χ2n) is 2.89. The second-order valence-corrected chi connectivity index (χ2v) is 4.98. The third-order valence-corrected chi connectivity index (χ3v) is 3.26. The summed E-state index contributed by atoms with van der Waals surface area (Å²) in [5.41, 5.74) is 0.686. The van der Waals surface area contributed by atoms with Crippen molar-refractivity contribution in [2.45, 2.75) is 10.2 Å². The van der Waals surface area contributed by atoms with Gasteiger partial charge in [0.15, 0.2) is 5.58 Å². The molecule has 7 heteroatoms. The molecule has 0 aliphatic carbocycles. The fourth-order valence-electron chi connectivity index (χ4n) is 1.25. The second kappa shape index (κ2) is 3.58. The van der Waals surface area contributed by atoms with Crippen molar-refractivity contribution < 1.29 is 12.8 Å². The van der Waals surface area contributed by atoms with E-state index in [9.17, 15) is 8.42 Å². The molecule has 0 amide bonds. The smallest absolute Gasteiger partial charge is 0.241 e. The summed E-state index contributed by atoms with van der Waals surface area (Å²) in [6, 6.07) is 4.63. The van der Waals surface area contributed by atoms with E-state index in [2.05, 4.69) is 20.9 Å². The van der Waals surface area contributed by atoms with Gasteiger partial charge in [-0.2, -0.15) is 0 Å². The van der Waals surface area contributed by atoms with Gasteiger partial charge in [-0.1, -0.05) is 22.0 Å². The number of hydrogen-bond donors (Lipinski definition) is 1. The van der Waals surface area contributed by atoms with Crippen LogP contribution in [0.5, 0.6) is 0 Å². The van der Waals surface area contributed by atoms with Crippen molar-refractivity contribution in [2.75, 3.05) is 0 Å². The number of rotatable bonds is 2. The Morgan fingerprint density at radius 1 is 1.47 bits per heavy atom. The van der Waals surface area contributed by atoms with Crippen LogP contribution >= 0.6 is 15.9 Å². The molecule has 2 aromatic rings. The lowest BCUT2D eigenvalue weighted by atomic mass is 10.3. The summed E-state index contributed by atoms with van der Waals surface area (Å²) >= 11 is 3.17. The number of aromatic nitrogens is 1. The number of para-hydroxylation sites is 1. The van der Waals surface area contributed by atoms with Gasteiger partial charge in [-0.15, -0.1) is 0 Å². The summed E-state index contributed by atoms with van der Waals surface area (Å²) in [5.74, 6) is 0.418. The van der Waals surface area contributed by atoms with Gasteiger partial charge < -0.3 is 4.42 Å². The van der Waals surface area contributed by atoms with Crippen molar-refractivity contribution in [3.05, 3.63) is 24.1 Å². The fourth-order valence-corrected chi connectivity index (χ4v) is 2.16. The highest BCUT2D eigenvalue weighted by Crippen LogP contribution is 2.23. The molecule has 1 heterocycles. The Hall–Kier alpha value is -0.920. The third kappa shape index (κ3) is 1.90. The molecule has 0 aliphatic heterocycles. The van der Waals surface area contributed by atoms with Crippen molar-refractivity contribution in [2.24, 2.45) is 5.14 Å². The molecule has 0 atom stereocenters. The number of nitrogens with zero attached hydrogens (tertiary/aromatic N) is 1. The lowest BCUT2D eigenvalue weighted by Gasteiger charge is -1.96. The van der Waals surface area contributed by atoms with Crippen LogP contribution in [-0.2, 0) is 15.4 Å². The minimum absolute atomic E-state index is 0.0419. The molecule has 2 N–H and O–H groups in total. The van der Waals surface area contributed by atoms with Crippen LogP contribution in [0.25, 0.3) is 11.1 Å². The number of nitrogens with two attached hydrogens (primary N) is 1. The molecule has 2 rings (SSSR count). The Labute approximate surface area is 94.5 Å². The average Bonchev–Trinajstić information content (AvgIpc) is 2.57.